The summed E-state index contributed by atoms with van der Waals surface area (Å²) in [5, 5.41) is 3.17. The number of benzene rings is 1. The molecule has 0 unspecified atom stereocenters. The lowest BCUT2D eigenvalue weighted by molar-refractivity contribution is 1.07. The lowest BCUT2D eigenvalue weighted by Gasteiger charge is -2.03. The average molecular weight is 262 g/mol. The van der Waals surface area contributed by atoms with E-state index in [9.17, 15) is 0 Å². The highest BCUT2D eigenvalue weighted by molar-refractivity contribution is 5.85. The van der Waals surface area contributed by atoms with E-state index in [0.29, 0.717) is 18.1 Å². The number of hydrogen-bond acceptors (Lipinski definition) is 4. The van der Waals surface area contributed by atoms with Gasteiger partial charge in [-0.15, -0.1) is 12.4 Å². The summed E-state index contributed by atoms with van der Waals surface area (Å²) in [6.45, 7) is 0.705. The maximum atomic E-state index is 4.29. The van der Waals surface area contributed by atoms with Crippen LogP contribution < -0.4 is 5.32 Å². The standard InChI is InChI=1S/C12H11N5.ClH/c1-2-4-9(5-3-1)6-13-12-14-7-10-11(17-12)16-8-15-10;/h1-5,7-8H,6H2,(H2,13,14,15,16,17);1H. The normalized spacial score (nSPS) is 10.0. The fraction of sp³-hybridized carbons (Fsp3) is 0.0833. The molecule has 0 fully saturated rings. The smallest absolute Gasteiger partial charge is 0.225 e. The first-order valence-electron chi connectivity index (χ1n) is 5.36. The summed E-state index contributed by atoms with van der Waals surface area (Å²) in [5.41, 5.74) is 2.71. The minimum Gasteiger partial charge on any atom is -0.350 e. The largest absolute Gasteiger partial charge is 0.350 e. The molecular formula is C12H12ClN5. The number of hydrogen-bond donors (Lipinski definition) is 2. The Morgan fingerprint density at radius 2 is 1.94 bits per heavy atom. The molecule has 5 nitrogen and oxygen atoms in total. The van der Waals surface area contributed by atoms with Crippen LogP contribution in [0, 0.1) is 0 Å². The van der Waals surface area contributed by atoms with Crippen LogP contribution in [0.3, 0.4) is 0 Å². The highest BCUT2D eigenvalue weighted by atomic mass is 35.5. The second-order valence-electron chi connectivity index (χ2n) is 3.67. The van der Waals surface area contributed by atoms with Crippen LogP contribution in [0.2, 0.25) is 0 Å². The monoisotopic (exact) mass is 261 g/mol. The molecule has 0 atom stereocenters. The van der Waals surface area contributed by atoms with E-state index in [1.165, 1.54) is 5.56 Å². The number of nitrogens with zero attached hydrogens (tertiary/aromatic N) is 3. The van der Waals surface area contributed by atoms with Crippen LogP contribution in [0.1, 0.15) is 5.56 Å². The molecule has 0 aliphatic heterocycles. The first-order valence-corrected chi connectivity index (χ1v) is 5.36. The van der Waals surface area contributed by atoms with Crippen molar-refractivity contribution in [2.24, 2.45) is 0 Å². The predicted octanol–water partition coefficient (Wildman–Crippen LogP) is 2.39. The van der Waals surface area contributed by atoms with Crippen LogP contribution >= 0.6 is 12.4 Å². The average Bonchev–Trinajstić information content (AvgIpc) is 2.85. The molecule has 0 spiro atoms. The predicted molar refractivity (Wildman–Crippen MR) is 72.7 cm³/mol. The summed E-state index contributed by atoms with van der Waals surface area (Å²) in [5.74, 6) is 0.591. The molecule has 0 amide bonds. The number of rotatable bonds is 3. The molecule has 3 rings (SSSR count). The Morgan fingerprint density at radius 1 is 1.11 bits per heavy atom. The summed E-state index contributed by atoms with van der Waals surface area (Å²) in [6.07, 6.45) is 3.34. The number of fused-ring (bicyclic) bond motifs is 1. The lowest BCUT2D eigenvalue weighted by atomic mass is 10.2. The molecule has 2 N–H and O–H groups in total. The second-order valence-corrected chi connectivity index (χ2v) is 3.67. The van der Waals surface area contributed by atoms with Gasteiger partial charge in [0.2, 0.25) is 5.95 Å². The highest BCUT2D eigenvalue weighted by Crippen LogP contribution is 2.08. The molecular weight excluding hydrogens is 250 g/mol. The van der Waals surface area contributed by atoms with Gasteiger partial charge in [0.25, 0.3) is 0 Å². The van der Waals surface area contributed by atoms with Crippen molar-refractivity contribution < 1.29 is 0 Å². The van der Waals surface area contributed by atoms with E-state index in [-0.39, 0.29) is 12.4 Å². The third-order valence-corrected chi connectivity index (χ3v) is 2.47. The minimum absolute atomic E-state index is 0. The van der Waals surface area contributed by atoms with Crippen molar-refractivity contribution in [1.29, 1.82) is 0 Å². The molecule has 0 aliphatic carbocycles. The SMILES string of the molecule is Cl.c1ccc(CNc2ncc3[nH]cnc3n2)cc1. The number of nitrogens with one attached hydrogen (secondary N) is 2. The van der Waals surface area contributed by atoms with Gasteiger partial charge in [-0.3, -0.25) is 0 Å². The molecule has 92 valence electrons. The molecule has 1 aromatic carbocycles. The Bertz CT molecular complexity index is 622. The van der Waals surface area contributed by atoms with E-state index >= 15 is 0 Å². The molecule has 2 aromatic heterocycles. The van der Waals surface area contributed by atoms with E-state index in [1.54, 1.807) is 12.5 Å². The van der Waals surface area contributed by atoms with Gasteiger partial charge in [0.15, 0.2) is 5.65 Å². The van der Waals surface area contributed by atoms with Crippen LogP contribution in [0.25, 0.3) is 11.2 Å². The number of aromatic nitrogens is 4. The topological polar surface area (TPSA) is 66.5 Å². The van der Waals surface area contributed by atoms with Gasteiger partial charge in [0.05, 0.1) is 12.5 Å². The summed E-state index contributed by atoms with van der Waals surface area (Å²) in [6, 6.07) is 10.1. The first-order chi connectivity index (χ1) is 8.42. The van der Waals surface area contributed by atoms with Crippen molar-refractivity contribution in [2.75, 3.05) is 5.32 Å². The van der Waals surface area contributed by atoms with Gasteiger partial charge in [0.1, 0.15) is 5.52 Å². The molecule has 2 heterocycles. The molecule has 3 aromatic rings. The van der Waals surface area contributed by atoms with E-state index in [1.807, 2.05) is 18.2 Å². The molecule has 18 heavy (non-hydrogen) atoms. The van der Waals surface area contributed by atoms with Crippen molar-refractivity contribution >= 4 is 29.5 Å². The summed E-state index contributed by atoms with van der Waals surface area (Å²) >= 11 is 0. The Balaban J connectivity index is 0.00000120. The maximum Gasteiger partial charge on any atom is 0.225 e. The summed E-state index contributed by atoms with van der Waals surface area (Å²) < 4.78 is 0. The van der Waals surface area contributed by atoms with E-state index in [0.717, 1.165) is 5.52 Å². The quantitative estimate of drug-likeness (QED) is 0.760. The number of H-pyrrole nitrogens is 1. The number of imidazole rings is 1. The van der Waals surface area contributed by atoms with Crippen LogP contribution in [0.5, 0.6) is 0 Å². The first kappa shape index (κ1) is 12.3. The van der Waals surface area contributed by atoms with Crippen LogP contribution in [-0.4, -0.2) is 19.9 Å². The third-order valence-electron chi connectivity index (χ3n) is 2.47. The van der Waals surface area contributed by atoms with Gasteiger partial charge in [-0.25, -0.2) is 9.97 Å². The summed E-state index contributed by atoms with van der Waals surface area (Å²) in [4.78, 5) is 15.5. The molecule has 0 radical (unpaired) electrons. The zero-order valence-corrected chi connectivity index (χ0v) is 10.3. The van der Waals surface area contributed by atoms with Gasteiger partial charge >= 0.3 is 0 Å². The Morgan fingerprint density at radius 3 is 2.78 bits per heavy atom. The third kappa shape index (κ3) is 2.57. The van der Waals surface area contributed by atoms with Crippen molar-refractivity contribution in [3.8, 4) is 0 Å². The zero-order chi connectivity index (χ0) is 11.5. The Kier molecular flexibility index (Phi) is 3.74. The fourth-order valence-corrected chi connectivity index (χ4v) is 1.60. The van der Waals surface area contributed by atoms with E-state index in [2.05, 4.69) is 37.4 Å². The number of aromatic amines is 1. The molecule has 0 aliphatic rings. The fourth-order valence-electron chi connectivity index (χ4n) is 1.60. The highest BCUT2D eigenvalue weighted by Gasteiger charge is 2.01. The Labute approximate surface area is 110 Å². The van der Waals surface area contributed by atoms with Crippen molar-refractivity contribution in [3.63, 3.8) is 0 Å². The van der Waals surface area contributed by atoms with Crippen molar-refractivity contribution in [2.45, 2.75) is 6.54 Å². The van der Waals surface area contributed by atoms with Gasteiger partial charge in [-0.05, 0) is 5.56 Å². The van der Waals surface area contributed by atoms with Crippen molar-refractivity contribution in [3.05, 3.63) is 48.4 Å². The Hall–Kier alpha value is -2.14. The maximum absolute atomic E-state index is 4.29. The molecule has 6 heteroatoms. The molecule has 0 bridgehead atoms. The minimum atomic E-state index is 0. The van der Waals surface area contributed by atoms with Gasteiger partial charge in [0, 0.05) is 6.54 Å². The molecule has 0 saturated carbocycles. The van der Waals surface area contributed by atoms with E-state index in [4.69, 9.17) is 0 Å². The number of halogens is 1. The van der Waals surface area contributed by atoms with Gasteiger partial charge in [-0.1, -0.05) is 30.3 Å². The zero-order valence-electron chi connectivity index (χ0n) is 9.50. The van der Waals surface area contributed by atoms with Crippen LogP contribution in [0.15, 0.2) is 42.9 Å². The van der Waals surface area contributed by atoms with Gasteiger partial charge in [-0.2, -0.15) is 4.98 Å². The van der Waals surface area contributed by atoms with Crippen molar-refractivity contribution in [1.82, 2.24) is 19.9 Å². The van der Waals surface area contributed by atoms with Gasteiger partial charge < -0.3 is 10.3 Å². The molecule has 0 saturated heterocycles. The summed E-state index contributed by atoms with van der Waals surface area (Å²) in [7, 11) is 0. The van der Waals surface area contributed by atoms with E-state index < -0.39 is 0 Å². The van der Waals surface area contributed by atoms with Crippen LogP contribution in [0.4, 0.5) is 5.95 Å². The number of anilines is 1. The lowest BCUT2D eigenvalue weighted by Crippen LogP contribution is -2.03. The van der Waals surface area contributed by atoms with Crippen LogP contribution in [-0.2, 0) is 6.54 Å². The second kappa shape index (κ2) is 5.46.